The molecule has 0 aliphatic carbocycles. The van der Waals surface area contributed by atoms with E-state index in [9.17, 15) is 4.79 Å². The Morgan fingerprint density at radius 1 is 1.24 bits per heavy atom. The zero-order chi connectivity index (χ0) is 17.5. The molecular weight excluding hydrogens is 320 g/mol. The molecule has 1 aliphatic rings. The first-order valence-electron chi connectivity index (χ1n) is 8.37. The molecule has 1 saturated heterocycles. The molecule has 0 atom stereocenters. The quantitative estimate of drug-likeness (QED) is 0.801. The maximum absolute atomic E-state index is 12.0. The number of aryl methyl sites for hydroxylation is 1. The summed E-state index contributed by atoms with van der Waals surface area (Å²) in [6.07, 6.45) is 0. The molecule has 1 aromatic heterocycles. The number of carbonyl (C=O) groups excluding carboxylic acids is 1. The van der Waals surface area contributed by atoms with Gasteiger partial charge in [-0.1, -0.05) is 18.2 Å². The Morgan fingerprint density at radius 2 is 2.00 bits per heavy atom. The summed E-state index contributed by atoms with van der Waals surface area (Å²) in [6, 6.07) is 10.9. The molecule has 2 heterocycles. The third-order valence-electron chi connectivity index (χ3n) is 3.81. The molecule has 3 rings (SSSR count). The van der Waals surface area contributed by atoms with Crippen LogP contribution in [0.4, 0.5) is 5.82 Å². The first kappa shape index (κ1) is 17.2. The fraction of sp³-hybridized carbons (Fsp3) is 0.389. The molecule has 1 fully saturated rings. The van der Waals surface area contributed by atoms with E-state index < -0.39 is 0 Å². The van der Waals surface area contributed by atoms with E-state index in [1.54, 1.807) is 12.1 Å². The van der Waals surface area contributed by atoms with Crippen molar-refractivity contribution in [2.45, 2.75) is 6.92 Å². The molecule has 7 heteroatoms. The minimum absolute atomic E-state index is 0.114. The molecule has 2 aromatic rings. The van der Waals surface area contributed by atoms with Crippen molar-refractivity contribution in [1.29, 1.82) is 0 Å². The van der Waals surface area contributed by atoms with Crippen molar-refractivity contribution in [1.82, 2.24) is 15.3 Å². The highest BCUT2D eigenvalue weighted by Gasteiger charge is 2.14. The molecule has 1 aliphatic heterocycles. The Kier molecular flexibility index (Phi) is 5.79. The smallest absolute Gasteiger partial charge is 0.251 e. The highest BCUT2D eigenvalue weighted by Crippen LogP contribution is 2.18. The molecule has 0 spiro atoms. The summed E-state index contributed by atoms with van der Waals surface area (Å²) in [5.74, 6) is 1.91. The average molecular weight is 342 g/mol. The van der Waals surface area contributed by atoms with Gasteiger partial charge >= 0.3 is 0 Å². The summed E-state index contributed by atoms with van der Waals surface area (Å²) in [6.45, 7) is 5.61. The van der Waals surface area contributed by atoms with E-state index in [0.717, 1.165) is 18.9 Å². The van der Waals surface area contributed by atoms with Crippen molar-refractivity contribution >= 4 is 11.7 Å². The highest BCUT2D eigenvalue weighted by atomic mass is 16.5. The number of carbonyl (C=O) groups is 1. The maximum atomic E-state index is 12.0. The number of ether oxygens (including phenoxy) is 2. The first-order valence-corrected chi connectivity index (χ1v) is 8.37. The van der Waals surface area contributed by atoms with Crippen LogP contribution in [0.3, 0.4) is 0 Å². The molecule has 0 saturated carbocycles. The third kappa shape index (κ3) is 4.90. The molecule has 1 aromatic carbocycles. The van der Waals surface area contributed by atoms with Gasteiger partial charge < -0.3 is 19.7 Å². The average Bonchev–Trinajstić information content (AvgIpc) is 2.66. The zero-order valence-electron chi connectivity index (χ0n) is 14.3. The van der Waals surface area contributed by atoms with Gasteiger partial charge in [-0.05, 0) is 19.1 Å². The molecule has 0 unspecified atom stereocenters. The number of morpholine rings is 1. The lowest BCUT2D eigenvalue weighted by molar-refractivity contribution is 0.0946. The van der Waals surface area contributed by atoms with Crippen molar-refractivity contribution in [2.75, 3.05) is 44.4 Å². The van der Waals surface area contributed by atoms with Crippen LogP contribution >= 0.6 is 0 Å². The number of benzene rings is 1. The fourth-order valence-corrected chi connectivity index (χ4v) is 2.57. The van der Waals surface area contributed by atoms with Crippen LogP contribution in [0, 0.1) is 6.92 Å². The first-order chi connectivity index (χ1) is 12.2. The second-order valence-electron chi connectivity index (χ2n) is 5.68. The van der Waals surface area contributed by atoms with E-state index in [2.05, 4.69) is 20.2 Å². The molecule has 132 valence electrons. The lowest BCUT2D eigenvalue weighted by Crippen LogP contribution is -2.37. The molecule has 1 N–H and O–H groups in total. The maximum Gasteiger partial charge on any atom is 0.251 e. The van der Waals surface area contributed by atoms with Gasteiger partial charge in [-0.3, -0.25) is 4.79 Å². The summed E-state index contributed by atoms with van der Waals surface area (Å²) in [7, 11) is 0. The number of amides is 1. The molecular formula is C18H22N4O3. The van der Waals surface area contributed by atoms with Crippen LogP contribution in [0.5, 0.6) is 5.88 Å². The van der Waals surface area contributed by atoms with Crippen LogP contribution < -0.4 is 15.0 Å². The highest BCUT2D eigenvalue weighted by molar-refractivity contribution is 5.94. The fourth-order valence-electron chi connectivity index (χ4n) is 2.57. The van der Waals surface area contributed by atoms with Crippen molar-refractivity contribution in [3.05, 3.63) is 47.8 Å². The predicted octanol–water partition coefficient (Wildman–Crippen LogP) is 1.43. The molecule has 7 nitrogen and oxygen atoms in total. The Labute approximate surface area is 147 Å². The van der Waals surface area contributed by atoms with Gasteiger partial charge in [0.2, 0.25) is 5.88 Å². The number of hydrogen-bond acceptors (Lipinski definition) is 6. The minimum atomic E-state index is -0.114. The lowest BCUT2D eigenvalue weighted by Gasteiger charge is -2.28. The van der Waals surface area contributed by atoms with Crippen LogP contribution in [0.15, 0.2) is 36.4 Å². The number of nitrogens with one attached hydrogen (secondary N) is 1. The van der Waals surface area contributed by atoms with E-state index in [-0.39, 0.29) is 5.91 Å². The van der Waals surface area contributed by atoms with Gasteiger partial charge in [0.1, 0.15) is 18.2 Å². The normalized spacial score (nSPS) is 14.2. The summed E-state index contributed by atoms with van der Waals surface area (Å²) < 4.78 is 11.0. The van der Waals surface area contributed by atoms with Gasteiger partial charge in [-0.2, -0.15) is 4.98 Å². The van der Waals surface area contributed by atoms with Gasteiger partial charge in [-0.15, -0.1) is 0 Å². The van der Waals surface area contributed by atoms with Crippen molar-refractivity contribution in [3.8, 4) is 5.88 Å². The Hall–Kier alpha value is -2.67. The van der Waals surface area contributed by atoms with Gasteiger partial charge in [0.15, 0.2) is 0 Å². The Morgan fingerprint density at radius 3 is 2.76 bits per heavy atom. The molecule has 25 heavy (non-hydrogen) atoms. The SMILES string of the molecule is Cc1nc(OCCNC(=O)c2ccccc2)cc(N2CCOCC2)n1. The van der Waals surface area contributed by atoms with Crippen molar-refractivity contribution in [3.63, 3.8) is 0 Å². The Balaban J connectivity index is 1.51. The number of nitrogens with zero attached hydrogens (tertiary/aromatic N) is 3. The van der Waals surface area contributed by atoms with Crippen LogP contribution in [0.25, 0.3) is 0 Å². The number of anilines is 1. The second-order valence-corrected chi connectivity index (χ2v) is 5.68. The van der Waals surface area contributed by atoms with Crippen LogP contribution in [-0.4, -0.2) is 55.3 Å². The largest absolute Gasteiger partial charge is 0.476 e. The van der Waals surface area contributed by atoms with Crippen molar-refractivity contribution < 1.29 is 14.3 Å². The summed E-state index contributed by atoms with van der Waals surface area (Å²) >= 11 is 0. The summed E-state index contributed by atoms with van der Waals surface area (Å²) in [5, 5.41) is 2.83. The molecule has 0 radical (unpaired) electrons. The minimum Gasteiger partial charge on any atom is -0.476 e. The summed E-state index contributed by atoms with van der Waals surface area (Å²) in [5.41, 5.74) is 0.634. The van der Waals surface area contributed by atoms with E-state index in [4.69, 9.17) is 9.47 Å². The number of aromatic nitrogens is 2. The number of rotatable bonds is 6. The monoisotopic (exact) mass is 342 g/mol. The molecule has 0 bridgehead atoms. The predicted molar refractivity (Wildman–Crippen MR) is 94.1 cm³/mol. The van der Waals surface area contributed by atoms with Crippen LogP contribution in [0.1, 0.15) is 16.2 Å². The second kappa shape index (κ2) is 8.43. The third-order valence-corrected chi connectivity index (χ3v) is 3.81. The lowest BCUT2D eigenvalue weighted by atomic mass is 10.2. The van der Waals surface area contributed by atoms with Gasteiger partial charge in [0.25, 0.3) is 5.91 Å². The Bertz CT molecular complexity index is 703. The van der Waals surface area contributed by atoms with Crippen molar-refractivity contribution in [2.24, 2.45) is 0 Å². The van der Waals surface area contributed by atoms with Gasteiger partial charge in [0.05, 0.1) is 19.8 Å². The molecule has 1 amide bonds. The van der Waals surface area contributed by atoms with Crippen LogP contribution in [0.2, 0.25) is 0 Å². The van der Waals surface area contributed by atoms with Crippen LogP contribution in [-0.2, 0) is 4.74 Å². The van der Waals surface area contributed by atoms with E-state index in [0.29, 0.717) is 43.6 Å². The number of hydrogen-bond donors (Lipinski definition) is 1. The van der Waals surface area contributed by atoms with Gasteiger partial charge in [-0.25, -0.2) is 4.98 Å². The summed E-state index contributed by atoms with van der Waals surface area (Å²) in [4.78, 5) is 22.9. The topological polar surface area (TPSA) is 76.6 Å². The standard InChI is InChI=1S/C18H22N4O3/c1-14-20-16(22-8-11-24-12-9-22)13-17(21-14)25-10-7-19-18(23)15-5-3-2-4-6-15/h2-6,13H,7-12H2,1H3,(H,19,23). The van der Waals surface area contributed by atoms with E-state index in [1.807, 2.05) is 31.2 Å². The zero-order valence-corrected chi connectivity index (χ0v) is 14.3. The van der Waals surface area contributed by atoms with Gasteiger partial charge in [0, 0.05) is 24.7 Å². The van der Waals surface area contributed by atoms with E-state index >= 15 is 0 Å². The van der Waals surface area contributed by atoms with E-state index in [1.165, 1.54) is 0 Å².